The lowest BCUT2D eigenvalue weighted by Gasteiger charge is -2.21. The van der Waals surface area contributed by atoms with Crippen molar-refractivity contribution in [2.45, 2.75) is 25.9 Å². The van der Waals surface area contributed by atoms with Crippen LogP contribution in [0.4, 0.5) is 0 Å². The number of esters is 1. The van der Waals surface area contributed by atoms with E-state index in [2.05, 4.69) is 31.3 Å². The van der Waals surface area contributed by atoms with Gasteiger partial charge in [0.05, 0.1) is 7.11 Å². The Hall–Kier alpha value is -1.65. The molecule has 0 spiro atoms. The summed E-state index contributed by atoms with van der Waals surface area (Å²) in [6, 6.07) is 13.5. The first-order valence-corrected chi connectivity index (χ1v) is 7.38. The Balaban J connectivity index is 2.18. The Morgan fingerprint density at radius 2 is 1.90 bits per heavy atom. The lowest BCUT2D eigenvalue weighted by molar-refractivity contribution is -0.143. The zero-order valence-electron chi connectivity index (χ0n) is 11.9. The van der Waals surface area contributed by atoms with E-state index in [1.54, 1.807) is 11.3 Å². The predicted molar refractivity (Wildman–Crippen MR) is 81.8 cm³/mol. The Morgan fingerprint density at radius 1 is 1.20 bits per heavy atom. The number of hydrogen-bond donors (Lipinski definition) is 1. The van der Waals surface area contributed by atoms with Crippen LogP contribution in [-0.4, -0.2) is 13.1 Å². The number of thiophene rings is 1. The van der Waals surface area contributed by atoms with E-state index in [1.165, 1.54) is 16.9 Å². The summed E-state index contributed by atoms with van der Waals surface area (Å²) >= 11 is 1.74. The minimum Gasteiger partial charge on any atom is -0.468 e. The molecule has 4 heteroatoms. The Bertz CT molecular complexity index is 565. The van der Waals surface area contributed by atoms with Crippen molar-refractivity contribution >= 4 is 17.3 Å². The fourth-order valence-electron chi connectivity index (χ4n) is 2.08. The van der Waals surface area contributed by atoms with Gasteiger partial charge in [-0.25, -0.2) is 4.79 Å². The Morgan fingerprint density at radius 3 is 2.45 bits per heavy atom. The van der Waals surface area contributed by atoms with Crippen LogP contribution in [0.25, 0.3) is 0 Å². The topological polar surface area (TPSA) is 38.3 Å². The molecule has 0 amide bonds. The normalized spacial score (nSPS) is 13.8. The molecule has 0 aliphatic heterocycles. The molecule has 1 N–H and O–H groups in total. The maximum absolute atomic E-state index is 12.0. The minimum atomic E-state index is -0.446. The molecule has 2 aromatic rings. The molecular weight excluding hydrogens is 270 g/mol. The van der Waals surface area contributed by atoms with Crippen LogP contribution in [-0.2, 0) is 9.53 Å². The number of nitrogens with one attached hydrogen (secondary N) is 1. The summed E-state index contributed by atoms with van der Waals surface area (Å²) in [4.78, 5) is 14.5. The largest absolute Gasteiger partial charge is 0.468 e. The van der Waals surface area contributed by atoms with Gasteiger partial charge in [-0.15, -0.1) is 11.3 Å². The maximum Gasteiger partial charge on any atom is 0.327 e. The summed E-state index contributed by atoms with van der Waals surface area (Å²) in [6.07, 6.45) is 0. The highest BCUT2D eigenvalue weighted by molar-refractivity contribution is 7.12. The van der Waals surface area contributed by atoms with E-state index >= 15 is 0 Å². The van der Waals surface area contributed by atoms with Crippen molar-refractivity contribution in [3.63, 3.8) is 0 Å². The Labute approximate surface area is 123 Å². The average molecular weight is 289 g/mol. The quantitative estimate of drug-likeness (QED) is 0.854. The predicted octanol–water partition coefficient (Wildman–Crippen LogP) is 3.62. The van der Waals surface area contributed by atoms with Crippen LogP contribution in [0.2, 0.25) is 0 Å². The third-order valence-corrected chi connectivity index (χ3v) is 4.36. The van der Waals surface area contributed by atoms with Gasteiger partial charge in [-0.3, -0.25) is 5.32 Å². The van der Waals surface area contributed by atoms with Crippen molar-refractivity contribution in [1.29, 1.82) is 0 Å². The first kappa shape index (κ1) is 14.8. The molecule has 0 saturated carbocycles. The van der Waals surface area contributed by atoms with E-state index in [4.69, 9.17) is 4.74 Å². The van der Waals surface area contributed by atoms with Gasteiger partial charge >= 0.3 is 5.97 Å². The number of aryl methyl sites for hydroxylation is 1. The summed E-state index contributed by atoms with van der Waals surface area (Å²) in [7, 11) is 1.42. The zero-order chi connectivity index (χ0) is 14.5. The van der Waals surface area contributed by atoms with Gasteiger partial charge in [0.1, 0.15) is 6.04 Å². The molecular formula is C16H19NO2S. The van der Waals surface area contributed by atoms with Crippen molar-refractivity contribution in [2.75, 3.05) is 7.11 Å². The summed E-state index contributed by atoms with van der Waals surface area (Å²) in [5.74, 6) is -0.267. The first-order valence-electron chi connectivity index (χ1n) is 6.57. The molecule has 2 unspecified atom stereocenters. The van der Waals surface area contributed by atoms with Crippen LogP contribution >= 0.6 is 11.3 Å². The standard InChI is InChI=1S/C16H19NO2S/c1-11-9-10-14(20-11)12(2)17-15(16(18)19-3)13-7-5-4-6-8-13/h4-10,12,15,17H,1-3H3. The molecule has 1 heterocycles. The smallest absolute Gasteiger partial charge is 0.327 e. The van der Waals surface area contributed by atoms with Gasteiger partial charge in [0.2, 0.25) is 0 Å². The third-order valence-electron chi connectivity index (χ3n) is 3.17. The fraction of sp³-hybridized carbons (Fsp3) is 0.312. The summed E-state index contributed by atoms with van der Waals surface area (Å²) in [5, 5.41) is 3.35. The van der Waals surface area contributed by atoms with Crippen LogP contribution in [0.3, 0.4) is 0 Å². The minimum absolute atomic E-state index is 0.0954. The number of hydrogen-bond acceptors (Lipinski definition) is 4. The average Bonchev–Trinajstić information content (AvgIpc) is 2.91. The van der Waals surface area contributed by atoms with Crippen LogP contribution in [0.1, 0.15) is 34.3 Å². The number of ether oxygens (including phenoxy) is 1. The van der Waals surface area contributed by atoms with E-state index in [1.807, 2.05) is 30.3 Å². The third kappa shape index (κ3) is 3.46. The lowest BCUT2D eigenvalue weighted by Crippen LogP contribution is -2.31. The molecule has 0 aliphatic carbocycles. The number of carbonyl (C=O) groups is 1. The fourth-order valence-corrected chi connectivity index (χ4v) is 2.97. The molecule has 0 bridgehead atoms. The van der Waals surface area contributed by atoms with E-state index in [9.17, 15) is 4.79 Å². The van der Waals surface area contributed by atoms with Crippen LogP contribution in [0, 0.1) is 6.92 Å². The second kappa shape index (κ2) is 6.68. The highest BCUT2D eigenvalue weighted by Crippen LogP contribution is 2.25. The van der Waals surface area contributed by atoms with E-state index in [-0.39, 0.29) is 12.0 Å². The number of methoxy groups -OCH3 is 1. The highest BCUT2D eigenvalue weighted by atomic mass is 32.1. The van der Waals surface area contributed by atoms with Crippen LogP contribution in [0.15, 0.2) is 42.5 Å². The molecule has 2 atom stereocenters. The molecule has 3 nitrogen and oxygen atoms in total. The van der Waals surface area contributed by atoms with Gasteiger partial charge in [-0.2, -0.15) is 0 Å². The van der Waals surface area contributed by atoms with Gasteiger partial charge in [-0.1, -0.05) is 30.3 Å². The van der Waals surface area contributed by atoms with Crippen molar-refractivity contribution < 1.29 is 9.53 Å². The van der Waals surface area contributed by atoms with Gasteiger partial charge in [0.15, 0.2) is 0 Å². The zero-order valence-corrected chi connectivity index (χ0v) is 12.7. The van der Waals surface area contributed by atoms with E-state index < -0.39 is 6.04 Å². The molecule has 1 aromatic carbocycles. The number of benzene rings is 1. The van der Waals surface area contributed by atoms with Crippen molar-refractivity contribution in [2.24, 2.45) is 0 Å². The van der Waals surface area contributed by atoms with Crippen LogP contribution < -0.4 is 5.32 Å². The Kier molecular flexibility index (Phi) is 4.93. The van der Waals surface area contributed by atoms with Crippen LogP contribution in [0.5, 0.6) is 0 Å². The molecule has 0 aliphatic rings. The van der Waals surface area contributed by atoms with Gasteiger partial charge in [-0.05, 0) is 31.5 Å². The summed E-state index contributed by atoms with van der Waals surface area (Å²) < 4.78 is 4.91. The van der Waals surface area contributed by atoms with Crippen molar-refractivity contribution in [3.8, 4) is 0 Å². The second-order valence-electron chi connectivity index (χ2n) is 4.70. The molecule has 106 valence electrons. The van der Waals surface area contributed by atoms with Gasteiger partial charge in [0.25, 0.3) is 0 Å². The molecule has 2 rings (SSSR count). The SMILES string of the molecule is COC(=O)C(NC(C)c1ccc(C)s1)c1ccccc1. The highest BCUT2D eigenvalue weighted by Gasteiger charge is 2.23. The van der Waals surface area contributed by atoms with Gasteiger partial charge in [0, 0.05) is 15.8 Å². The molecule has 0 saturated heterocycles. The molecule has 1 aromatic heterocycles. The number of carbonyl (C=O) groups excluding carboxylic acids is 1. The van der Waals surface area contributed by atoms with E-state index in [0.29, 0.717) is 0 Å². The van der Waals surface area contributed by atoms with Crippen molar-refractivity contribution in [3.05, 3.63) is 57.8 Å². The summed E-state index contributed by atoms with van der Waals surface area (Å²) in [5.41, 5.74) is 0.916. The molecule has 0 radical (unpaired) electrons. The summed E-state index contributed by atoms with van der Waals surface area (Å²) in [6.45, 7) is 4.14. The van der Waals surface area contributed by atoms with E-state index in [0.717, 1.165) is 5.56 Å². The second-order valence-corrected chi connectivity index (χ2v) is 6.02. The number of rotatable bonds is 5. The van der Waals surface area contributed by atoms with Gasteiger partial charge < -0.3 is 4.74 Å². The monoisotopic (exact) mass is 289 g/mol. The maximum atomic E-state index is 12.0. The van der Waals surface area contributed by atoms with Crippen molar-refractivity contribution in [1.82, 2.24) is 5.32 Å². The molecule has 0 fully saturated rings. The first-order chi connectivity index (χ1) is 9.61. The lowest BCUT2D eigenvalue weighted by atomic mass is 10.1. The molecule has 20 heavy (non-hydrogen) atoms.